The maximum Gasteiger partial charge on any atom is 0.133 e. The average molecular weight is 263 g/mol. The number of anilines is 1. The van der Waals surface area contributed by atoms with Gasteiger partial charge < -0.3 is 5.32 Å². The fraction of sp³-hybridized carbons (Fsp3) is 0.214. The molecule has 1 aliphatic rings. The van der Waals surface area contributed by atoms with Crippen molar-refractivity contribution < 1.29 is 4.39 Å². The van der Waals surface area contributed by atoms with Crippen molar-refractivity contribution in [1.29, 1.82) is 0 Å². The van der Waals surface area contributed by atoms with E-state index >= 15 is 0 Å². The maximum absolute atomic E-state index is 14.1. The van der Waals surface area contributed by atoms with Gasteiger partial charge in [0.15, 0.2) is 0 Å². The number of aromatic nitrogens is 1. The summed E-state index contributed by atoms with van der Waals surface area (Å²) in [6, 6.07) is 5.18. The maximum atomic E-state index is 14.1. The summed E-state index contributed by atoms with van der Waals surface area (Å²) < 4.78 is 14.1. The smallest absolute Gasteiger partial charge is 0.133 e. The van der Waals surface area contributed by atoms with Crippen LogP contribution in [0, 0.1) is 5.82 Å². The van der Waals surface area contributed by atoms with E-state index in [2.05, 4.69) is 10.3 Å². The highest BCUT2D eigenvalue weighted by Crippen LogP contribution is 2.34. The molecule has 0 unspecified atom stereocenters. The van der Waals surface area contributed by atoms with Crippen molar-refractivity contribution in [2.75, 3.05) is 11.9 Å². The zero-order valence-corrected chi connectivity index (χ0v) is 10.5. The van der Waals surface area contributed by atoms with Gasteiger partial charge >= 0.3 is 0 Å². The summed E-state index contributed by atoms with van der Waals surface area (Å²) in [7, 11) is 0. The van der Waals surface area contributed by atoms with Crippen LogP contribution in [0.15, 0.2) is 30.6 Å². The summed E-state index contributed by atoms with van der Waals surface area (Å²) in [5.41, 5.74) is 3.28. The minimum absolute atomic E-state index is 0.253. The van der Waals surface area contributed by atoms with Gasteiger partial charge in [0.25, 0.3) is 0 Å². The largest absolute Gasteiger partial charge is 0.385 e. The van der Waals surface area contributed by atoms with Gasteiger partial charge in [-0.05, 0) is 36.6 Å². The average Bonchev–Trinajstić information content (AvgIpc) is 2.39. The summed E-state index contributed by atoms with van der Waals surface area (Å²) in [5.74, 6) is -0.253. The van der Waals surface area contributed by atoms with E-state index in [1.165, 1.54) is 6.20 Å². The molecular weight excluding hydrogens is 251 g/mol. The molecule has 4 heteroatoms. The molecular formula is C14H12ClFN2. The Morgan fingerprint density at radius 1 is 1.28 bits per heavy atom. The fourth-order valence-electron chi connectivity index (χ4n) is 2.29. The Hall–Kier alpha value is -1.61. The molecule has 1 N–H and O–H groups in total. The van der Waals surface area contributed by atoms with Gasteiger partial charge in [0.2, 0.25) is 0 Å². The predicted octanol–water partition coefficient (Wildman–Crippen LogP) is 3.90. The molecule has 0 spiro atoms. The van der Waals surface area contributed by atoms with Gasteiger partial charge in [0.05, 0.1) is 5.02 Å². The lowest BCUT2D eigenvalue weighted by molar-refractivity contribution is 0.629. The first kappa shape index (κ1) is 11.5. The van der Waals surface area contributed by atoms with Crippen molar-refractivity contribution in [1.82, 2.24) is 4.98 Å². The molecule has 0 radical (unpaired) electrons. The molecule has 0 fully saturated rings. The number of halogens is 2. The SMILES string of the molecule is Fc1cc2c(cc1-c1ccncc1Cl)CCCN2. The number of aryl methyl sites for hydroxylation is 1. The summed E-state index contributed by atoms with van der Waals surface area (Å²) in [6.45, 7) is 0.905. The minimum Gasteiger partial charge on any atom is -0.385 e. The summed E-state index contributed by atoms with van der Waals surface area (Å²) in [5, 5.41) is 3.68. The molecule has 2 aromatic rings. The van der Waals surface area contributed by atoms with Crippen LogP contribution in [-0.2, 0) is 6.42 Å². The molecule has 18 heavy (non-hydrogen) atoms. The number of hydrogen-bond acceptors (Lipinski definition) is 2. The molecule has 0 aliphatic carbocycles. The molecule has 0 saturated carbocycles. The second-order valence-electron chi connectivity index (χ2n) is 4.38. The third kappa shape index (κ3) is 1.95. The van der Waals surface area contributed by atoms with Gasteiger partial charge in [-0.2, -0.15) is 0 Å². The molecule has 1 aliphatic heterocycles. The standard InChI is InChI=1S/C14H12ClFN2/c15-12-8-17-5-3-10(12)11-6-9-2-1-4-18-14(9)7-13(11)16/h3,5-8,18H,1-2,4H2. The highest BCUT2D eigenvalue weighted by molar-refractivity contribution is 6.33. The van der Waals surface area contributed by atoms with Crippen LogP contribution in [0.3, 0.4) is 0 Å². The van der Waals surface area contributed by atoms with Gasteiger partial charge in [-0.3, -0.25) is 4.98 Å². The Bertz CT molecular complexity index is 598. The monoisotopic (exact) mass is 262 g/mol. The van der Waals surface area contributed by atoms with Gasteiger partial charge in [0, 0.05) is 35.8 Å². The molecule has 1 aromatic carbocycles. The number of fused-ring (bicyclic) bond motifs is 1. The Labute approximate surface area is 110 Å². The number of rotatable bonds is 1. The number of hydrogen-bond donors (Lipinski definition) is 1. The summed E-state index contributed by atoms with van der Waals surface area (Å²) in [4.78, 5) is 3.92. The van der Waals surface area contributed by atoms with Crippen LogP contribution in [0.4, 0.5) is 10.1 Å². The Kier molecular flexibility index (Phi) is 2.92. The van der Waals surface area contributed by atoms with Gasteiger partial charge in [-0.15, -0.1) is 0 Å². The molecule has 2 heterocycles. The van der Waals surface area contributed by atoms with Gasteiger partial charge in [-0.25, -0.2) is 4.39 Å². The quantitative estimate of drug-likeness (QED) is 0.843. The van der Waals surface area contributed by atoms with E-state index in [0.717, 1.165) is 30.6 Å². The zero-order valence-electron chi connectivity index (χ0n) is 9.71. The third-order valence-electron chi connectivity index (χ3n) is 3.19. The number of benzene rings is 1. The summed E-state index contributed by atoms with van der Waals surface area (Å²) >= 11 is 6.07. The molecule has 0 atom stereocenters. The lowest BCUT2D eigenvalue weighted by Gasteiger charge is -2.19. The van der Waals surface area contributed by atoms with E-state index in [1.807, 2.05) is 6.07 Å². The van der Waals surface area contributed by atoms with E-state index in [9.17, 15) is 4.39 Å². The first-order valence-electron chi connectivity index (χ1n) is 5.92. The van der Waals surface area contributed by atoms with Crippen molar-refractivity contribution >= 4 is 17.3 Å². The predicted molar refractivity (Wildman–Crippen MR) is 71.5 cm³/mol. The Morgan fingerprint density at radius 3 is 3.00 bits per heavy atom. The molecule has 0 bridgehead atoms. The molecule has 1 aromatic heterocycles. The van der Waals surface area contributed by atoms with Crippen molar-refractivity contribution in [2.24, 2.45) is 0 Å². The Balaban J connectivity index is 2.15. The molecule has 3 rings (SSSR count). The second-order valence-corrected chi connectivity index (χ2v) is 4.78. The number of nitrogens with zero attached hydrogens (tertiary/aromatic N) is 1. The number of nitrogens with one attached hydrogen (secondary N) is 1. The van der Waals surface area contributed by atoms with Crippen LogP contribution < -0.4 is 5.32 Å². The van der Waals surface area contributed by atoms with Crippen LogP contribution in [0.5, 0.6) is 0 Å². The second kappa shape index (κ2) is 4.58. The normalized spacial score (nSPS) is 13.9. The van der Waals surface area contributed by atoms with E-state index in [0.29, 0.717) is 16.1 Å². The molecule has 0 saturated heterocycles. The Morgan fingerprint density at radius 2 is 2.17 bits per heavy atom. The van der Waals surface area contributed by atoms with Crippen LogP contribution in [0.1, 0.15) is 12.0 Å². The minimum atomic E-state index is -0.253. The van der Waals surface area contributed by atoms with Gasteiger partial charge in [0.1, 0.15) is 5.82 Å². The van der Waals surface area contributed by atoms with Crippen molar-refractivity contribution in [3.63, 3.8) is 0 Å². The van der Waals surface area contributed by atoms with E-state index in [1.54, 1.807) is 18.3 Å². The lowest BCUT2D eigenvalue weighted by Crippen LogP contribution is -2.12. The fourth-order valence-corrected chi connectivity index (χ4v) is 2.51. The van der Waals surface area contributed by atoms with Crippen LogP contribution in [0.2, 0.25) is 5.02 Å². The third-order valence-corrected chi connectivity index (χ3v) is 3.50. The lowest BCUT2D eigenvalue weighted by atomic mass is 9.97. The molecule has 0 amide bonds. The molecule has 2 nitrogen and oxygen atoms in total. The van der Waals surface area contributed by atoms with E-state index in [4.69, 9.17) is 11.6 Å². The topological polar surface area (TPSA) is 24.9 Å². The summed E-state index contributed by atoms with van der Waals surface area (Å²) in [6.07, 6.45) is 5.20. The van der Waals surface area contributed by atoms with Crippen molar-refractivity contribution in [2.45, 2.75) is 12.8 Å². The van der Waals surface area contributed by atoms with Crippen molar-refractivity contribution in [3.05, 3.63) is 47.0 Å². The first-order valence-corrected chi connectivity index (χ1v) is 6.29. The first-order chi connectivity index (χ1) is 8.75. The van der Waals surface area contributed by atoms with E-state index in [-0.39, 0.29) is 5.82 Å². The molecule has 92 valence electrons. The highest BCUT2D eigenvalue weighted by atomic mass is 35.5. The van der Waals surface area contributed by atoms with Crippen LogP contribution in [0.25, 0.3) is 11.1 Å². The van der Waals surface area contributed by atoms with Crippen molar-refractivity contribution in [3.8, 4) is 11.1 Å². The highest BCUT2D eigenvalue weighted by Gasteiger charge is 2.15. The zero-order chi connectivity index (χ0) is 12.5. The van der Waals surface area contributed by atoms with E-state index < -0.39 is 0 Å². The van der Waals surface area contributed by atoms with Gasteiger partial charge in [-0.1, -0.05) is 11.6 Å². The van der Waals surface area contributed by atoms with Crippen LogP contribution in [-0.4, -0.2) is 11.5 Å². The number of pyridine rings is 1. The van der Waals surface area contributed by atoms with Crippen LogP contribution >= 0.6 is 11.6 Å².